The Morgan fingerprint density at radius 1 is 0.577 bits per heavy atom. The lowest BCUT2D eigenvalue weighted by atomic mass is 9.99. The van der Waals surface area contributed by atoms with Crippen molar-refractivity contribution in [3.05, 3.63) is 36.5 Å². The lowest BCUT2D eigenvalue weighted by molar-refractivity contribution is -0.298. The number of amides is 1. The number of hydrogen-bond donors (Lipinski definition) is 7. The van der Waals surface area contributed by atoms with Gasteiger partial charge in [-0.2, -0.15) is 8.42 Å². The summed E-state index contributed by atoms with van der Waals surface area (Å²) in [5, 5.41) is 55.6. The minimum absolute atomic E-state index is 0.231. The summed E-state index contributed by atoms with van der Waals surface area (Å²) >= 11 is 0. The molecule has 1 saturated heterocycles. The minimum atomic E-state index is -5.13. The molecule has 8 atom stereocenters. The van der Waals surface area contributed by atoms with Crippen molar-refractivity contribution in [1.29, 1.82) is 0 Å². The second-order valence-electron chi connectivity index (χ2n) is 20.4. The van der Waals surface area contributed by atoms with E-state index in [0.717, 1.165) is 64.2 Å². The first kappa shape index (κ1) is 67.3. The van der Waals surface area contributed by atoms with Gasteiger partial charge in [0.15, 0.2) is 6.29 Å². The Balaban J connectivity index is 2.45. The Labute approximate surface area is 433 Å². The topological polar surface area (TPSA) is 212 Å². The van der Waals surface area contributed by atoms with Gasteiger partial charge in [0.25, 0.3) is 0 Å². The van der Waals surface area contributed by atoms with Gasteiger partial charge in [-0.1, -0.05) is 243 Å². The van der Waals surface area contributed by atoms with Crippen molar-refractivity contribution in [2.45, 2.75) is 307 Å². The van der Waals surface area contributed by atoms with E-state index in [1.807, 2.05) is 6.08 Å². The van der Waals surface area contributed by atoms with E-state index in [4.69, 9.17) is 9.47 Å². The molecule has 1 fully saturated rings. The Morgan fingerprint density at radius 3 is 1.38 bits per heavy atom. The van der Waals surface area contributed by atoms with Crippen LogP contribution in [-0.4, -0.2) is 107 Å². The van der Waals surface area contributed by atoms with Crippen molar-refractivity contribution < 1.29 is 57.0 Å². The highest BCUT2D eigenvalue weighted by Gasteiger charge is 2.48. The molecule has 0 spiro atoms. The van der Waals surface area contributed by atoms with Crippen molar-refractivity contribution in [2.24, 2.45) is 0 Å². The summed E-state index contributed by atoms with van der Waals surface area (Å²) in [5.74, 6) is -0.707. The highest BCUT2D eigenvalue weighted by molar-refractivity contribution is 7.80. The monoisotopic (exact) mass is 1030 g/mol. The van der Waals surface area contributed by atoms with E-state index in [0.29, 0.717) is 12.8 Å². The molecule has 1 aliphatic heterocycles. The van der Waals surface area contributed by atoms with Gasteiger partial charge in [0, 0.05) is 0 Å². The van der Waals surface area contributed by atoms with Crippen LogP contribution in [0.1, 0.15) is 258 Å². The van der Waals surface area contributed by atoms with Crippen molar-refractivity contribution in [3.63, 3.8) is 0 Å². The van der Waals surface area contributed by atoms with Crippen LogP contribution in [0.3, 0.4) is 0 Å². The fourth-order valence-corrected chi connectivity index (χ4v) is 9.71. The van der Waals surface area contributed by atoms with Crippen LogP contribution in [-0.2, 0) is 28.9 Å². The van der Waals surface area contributed by atoms with E-state index in [9.17, 15) is 43.3 Å². The molecule has 0 aromatic carbocycles. The zero-order chi connectivity index (χ0) is 52.1. The number of nitrogens with one attached hydrogen (secondary N) is 1. The summed E-state index contributed by atoms with van der Waals surface area (Å²) in [6, 6.07) is -1.13. The van der Waals surface area contributed by atoms with Gasteiger partial charge in [-0.05, 0) is 51.4 Å². The fourth-order valence-electron chi connectivity index (χ4n) is 9.20. The third kappa shape index (κ3) is 38.5. The van der Waals surface area contributed by atoms with E-state index >= 15 is 0 Å². The molecule has 7 N–H and O–H groups in total. The molecule has 0 aromatic rings. The molecular weight excluding hydrogens is 923 g/mol. The molecule has 14 heteroatoms. The Bertz CT molecular complexity index is 1410. The molecule has 0 radical (unpaired) electrons. The SMILES string of the molecule is CCCCCCCCCCC/C=C\C/C=C\CCCCCCCCC(O)C(=O)NC(COC1OC(CO)C(O)C(OS(=O)(=O)O)C1O)C(O)/C=C/CCCCCCCCCCCCCCCCCCCC. The van der Waals surface area contributed by atoms with Crippen LogP contribution in [0.5, 0.6) is 0 Å². The van der Waals surface area contributed by atoms with Crippen LogP contribution >= 0.6 is 0 Å². The molecular formula is C57H107NO12S. The molecule has 0 bridgehead atoms. The quantitative estimate of drug-likeness (QED) is 0.0172. The van der Waals surface area contributed by atoms with Crippen LogP contribution in [0.2, 0.25) is 0 Å². The van der Waals surface area contributed by atoms with Gasteiger partial charge in [0.05, 0.1) is 25.4 Å². The zero-order valence-corrected chi connectivity index (χ0v) is 45.7. The summed E-state index contributed by atoms with van der Waals surface area (Å²) < 4.78 is 47.8. The molecule has 1 heterocycles. The predicted molar refractivity (Wildman–Crippen MR) is 288 cm³/mol. The molecule has 0 aliphatic carbocycles. The molecule has 1 aliphatic rings. The first-order valence-electron chi connectivity index (χ1n) is 29.0. The third-order valence-corrected chi connectivity index (χ3v) is 14.2. The summed E-state index contributed by atoms with van der Waals surface area (Å²) in [7, 11) is -5.13. The Morgan fingerprint density at radius 2 is 0.972 bits per heavy atom. The van der Waals surface area contributed by atoms with Crippen LogP contribution in [0.25, 0.3) is 0 Å². The smallest absolute Gasteiger partial charge is 0.394 e. The largest absolute Gasteiger partial charge is 0.397 e. The Hall–Kier alpha value is -1.72. The Kier molecular flexibility index (Phi) is 44.3. The number of rotatable bonds is 50. The van der Waals surface area contributed by atoms with Gasteiger partial charge < -0.3 is 40.3 Å². The standard InChI is InChI=1S/C57H107NO12S/c1-3-5-7-9-11-13-15-17-19-21-23-25-26-28-30-32-34-36-38-40-42-44-46-51(61)56(64)58-49(48-68-57-54(63)55(70-71(65,66)67)53(62)52(47-59)69-57)50(60)45-43-41-39-37-35-33-31-29-27-24-22-20-18-16-14-12-10-8-6-4-2/h23,25,28,30,43,45,49-55,57,59-63H,3-22,24,26-27,29,31-42,44,46-48H2,1-2H3,(H,58,64)(H,65,66,67)/b25-23-,30-28-,45-43+. The molecule has 1 amide bonds. The summed E-state index contributed by atoms with van der Waals surface area (Å²) in [6.07, 6.45) is 46.4. The summed E-state index contributed by atoms with van der Waals surface area (Å²) in [6.45, 7) is 3.26. The van der Waals surface area contributed by atoms with Crippen molar-refractivity contribution in [2.75, 3.05) is 13.2 Å². The predicted octanol–water partition coefficient (Wildman–Crippen LogP) is 12.4. The van der Waals surface area contributed by atoms with Crippen LogP contribution < -0.4 is 5.32 Å². The number of allylic oxidation sites excluding steroid dienone is 5. The number of aliphatic hydroxyl groups is 5. The molecule has 418 valence electrons. The van der Waals surface area contributed by atoms with E-state index in [1.54, 1.807) is 6.08 Å². The number of carbonyl (C=O) groups excluding carboxylic acids is 1. The summed E-state index contributed by atoms with van der Waals surface area (Å²) in [4.78, 5) is 13.2. The van der Waals surface area contributed by atoms with Crippen molar-refractivity contribution >= 4 is 16.3 Å². The van der Waals surface area contributed by atoms with Crippen LogP contribution in [0.4, 0.5) is 0 Å². The van der Waals surface area contributed by atoms with Gasteiger partial charge in [-0.3, -0.25) is 9.35 Å². The van der Waals surface area contributed by atoms with Crippen LogP contribution in [0.15, 0.2) is 36.5 Å². The fraction of sp³-hybridized carbons (Fsp3) is 0.877. The zero-order valence-electron chi connectivity index (χ0n) is 44.9. The second kappa shape index (κ2) is 46.8. The van der Waals surface area contributed by atoms with Gasteiger partial charge in [0.1, 0.15) is 30.5 Å². The molecule has 71 heavy (non-hydrogen) atoms. The van der Waals surface area contributed by atoms with Crippen molar-refractivity contribution in [1.82, 2.24) is 5.32 Å². The maximum atomic E-state index is 13.2. The van der Waals surface area contributed by atoms with Gasteiger partial charge in [-0.15, -0.1) is 0 Å². The maximum absolute atomic E-state index is 13.2. The molecule has 0 saturated carbocycles. The normalized spacial score (nSPS) is 20.1. The second-order valence-corrected chi connectivity index (χ2v) is 21.4. The van der Waals surface area contributed by atoms with Crippen LogP contribution in [0, 0.1) is 0 Å². The minimum Gasteiger partial charge on any atom is -0.394 e. The van der Waals surface area contributed by atoms with Gasteiger partial charge in [0.2, 0.25) is 5.91 Å². The highest BCUT2D eigenvalue weighted by atomic mass is 32.3. The van der Waals surface area contributed by atoms with Gasteiger partial charge in [-0.25, -0.2) is 4.18 Å². The lowest BCUT2D eigenvalue weighted by Crippen LogP contribution is -2.61. The highest BCUT2D eigenvalue weighted by Crippen LogP contribution is 2.26. The molecule has 0 aromatic heterocycles. The molecule has 13 nitrogen and oxygen atoms in total. The van der Waals surface area contributed by atoms with Crippen molar-refractivity contribution in [3.8, 4) is 0 Å². The summed E-state index contributed by atoms with van der Waals surface area (Å²) in [5.41, 5.74) is 0. The number of ether oxygens (including phenoxy) is 2. The average molecular weight is 1030 g/mol. The molecule has 1 rings (SSSR count). The number of aliphatic hydroxyl groups excluding tert-OH is 5. The third-order valence-electron chi connectivity index (χ3n) is 13.8. The van der Waals surface area contributed by atoms with E-state index in [-0.39, 0.29) is 6.42 Å². The number of hydrogen-bond acceptors (Lipinski definition) is 11. The van der Waals surface area contributed by atoms with Gasteiger partial charge >= 0.3 is 10.4 Å². The number of unbranched alkanes of at least 4 members (excludes halogenated alkanes) is 33. The van der Waals surface area contributed by atoms with E-state index in [1.165, 1.54) is 161 Å². The number of carbonyl (C=O) groups is 1. The first-order valence-corrected chi connectivity index (χ1v) is 30.3. The maximum Gasteiger partial charge on any atom is 0.397 e. The average Bonchev–Trinajstić information content (AvgIpc) is 3.35. The molecule has 8 unspecified atom stereocenters. The lowest BCUT2D eigenvalue weighted by Gasteiger charge is -2.41. The van der Waals surface area contributed by atoms with E-state index < -0.39 is 78.5 Å². The first-order chi connectivity index (χ1) is 34.4. The van der Waals surface area contributed by atoms with E-state index in [2.05, 4.69) is 47.7 Å².